The smallest absolute Gasteiger partial charge is 0.330 e. The lowest BCUT2D eigenvalue weighted by Gasteiger charge is -2.13. The van der Waals surface area contributed by atoms with Gasteiger partial charge in [-0.1, -0.05) is 13.3 Å². The third-order valence-electron chi connectivity index (χ3n) is 2.62. The fraction of sp³-hybridized carbons (Fsp3) is 0.636. The van der Waals surface area contributed by atoms with Crippen LogP contribution < -0.4 is 5.73 Å². The zero-order valence-corrected chi connectivity index (χ0v) is 10.2. The molecule has 0 aromatic heterocycles. The van der Waals surface area contributed by atoms with Crippen LogP contribution in [0, 0.1) is 5.92 Å². The summed E-state index contributed by atoms with van der Waals surface area (Å²) in [6.45, 7) is 1.58. The molecule has 1 saturated heterocycles. The van der Waals surface area contributed by atoms with Gasteiger partial charge in [-0.25, -0.2) is 4.79 Å². The highest BCUT2D eigenvalue weighted by Crippen LogP contribution is 2.21. The summed E-state index contributed by atoms with van der Waals surface area (Å²) in [6.07, 6.45) is 1.25. The molecular weight excluding hydrogens is 240 g/mol. The zero-order chi connectivity index (χ0) is 13.7. The first-order valence-corrected chi connectivity index (χ1v) is 5.81. The molecule has 0 aromatic rings. The van der Waals surface area contributed by atoms with Crippen LogP contribution in [0.25, 0.3) is 0 Å². The minimum absolute atomic E-state index is 0.128. The van der Waals surface area contributed by atoms with Crippen LogP contribution in [0.3, 0.4) is 0 Å². The molecule has 1 heterocycles. The van der Waals surface area contributed by atoms with Gasteiger partial charge in [-0.2, -0.15) is 0 Å². The summed E-state index contributed by atoms with van der Waals surface area (Å²) in [4.78, 5) is 50.4. The summed E-state index contributed by atoms with van der Waals surface area (Å²) in [5.41, 5.74) is 5.13. The van der Waals surface area contributed by atoms with Crippen LogP contribution in [0.15, 0.2) is 0 Å². The van der Waals surface area contributed by atoms with E-state index in [1.54, 1.807) is 0 Å². The molecule has 1 unspecified atom stereocenters. The number of carbonyl (C=O) groups excluding carboxylic acids is 4. The van der Waals surface area contributed by atoms with E-state index in [4.69, 9.17) is 5.73 Å². The SMILES string of the molecule is CCCCC(=O)ON1C(=O)CC(C(=O)CN)C1=O. The van der Waals surface area contributed by atoms with Gasteiger partial charge in [0, 0.05) is 12.8 Å². The van der Waals surface area contributed by atoms with Crippen LogP contribution in [0.2, 0.25) is 0 Å². The maximum atomic E-state index is 11.7. The number of hydrogen-bond donors (Lipinski definition) is 1. The Bertz CT molecular complexity index is 380. The van der Waals surface area contributed by atoms with Gasteiger partial charge in [0.2, 0.25) is 0 Å². The van der Waals surface area contributed by atoms with Gasteiger partial charge in [-0.05, 0) is 6.42 Å². The number of rotatable bonds is 6. The average Bonchev–Trinajstić information content (AvgIpc) is 2.63. The van der Waals surface area contributed by atoms with Crippen molar-refractivity contribution in [1.82, 2.24) is 5.06 Å². The number of nitrogens with two attached hydrogens (primary N) is 1. The molecule has 2 amide bonds. The molecule has 1 rings (SSSR count). The van der Waals surface area contributed by atoms with E-state index in [9.17, 15) is 19.2 Å². The van der Waals surface area contributed by atoms with Crippen molar-refractivity contribution in [1.29, 1.82) is 0 Å². The Labute approximate surface area is 104 Å². The molecule has 100 valence electrons. The number of Topliss-reactive ketones (excluding diaryl/α,β-unsaturated/α-hetero) is 1. The normalized spacial score (nSPS) is 19.2. The fourth-order valence-electron chi connectivity index (χ4n) is 1.57. The van der Waals surface area contributed by atoms with Gasteiger partial charge in [0.1, 0.15) is 5.92 Å². The molecule has 0 aromatic carbocycles. The van der Waals surface area contributed by atoms with Crippen molar-refractivity contribution < 1.29 is 24.0 Å². The number of hydroxylamine groups is 2. The molecular formula is C11H16N2O5. The van der Waals surface area contributed by atoms with E-state index in [0.29, 0.717) is 11.5 Å². The summed E-state index contributed by atoms with van der Waals surface area (Å²) < 4.78 is 0. The lowest BCUT2D eigenvalue weighted by Crippen LogP contribution is -2.36. The van der Waals surface area contributed by atoms with E-state index in [0.717, 1.165) is 6.42 Å². The van der Waals surface area contributed by atoms with Crippen molar-refractivity contribution in [3.8, 4) is 0 Å². The predicted octanol–water partition coefficient (Wildman–Crippen LogP) is -0.462. The Balaban J connectivity index is 2.62. The van der Waals surface area contributed by atoms with Gasteiger partial charge in [-0.3, -0.25) is 14.4 Å². The van der Waals surface area contributed by atoms with E-state index < -0.39 is 29.5 Å². The molecule has 1 aliphatic rings. The lowest BCUT2D eigenvalue weighted by atomic mass is 10.0. The Morgan fingerprint density at radius 2 is 2.11 bits per heavy atom. The highest BCUT2D eigenvalue weighted by Gasteiger charge is 2.44. The first-order chi connectivity index (χ1) is 8.51. The van der Waals surface area contributed by atoms with Crippen molar-refractivity contribution in [2.75, 3.05) is 6.54 Å². The van der Waals surface area contributed by atoms with Gasteiger partial charge in [0.25, 0.3) is 11.8 Å². The standard InChI is InChI=1S/C11H16N2O5/c1-2-3-4-10(16)18-13-9(15)5-7(11(13)17)8(14)6-12/h7H,2-6,12H2,1H3. The van der Waals surface area contributed by atoms with Crippen LogP contribution in [0.4, 0.5) is 0 Å². The van der Waals surface area contributed by atoms with Crippen molar-refractivity contribution in [3.63, 3.8) is 0 Å². The summed E-state index contributed by atoms with van der Waals surface area (Å²) in [5.74, 6) is -3.78. The largest absolute Gasteiger partial charge is 0.333 e. The molecule has 1 aliphatic heterocycles. The van der Waals surface area contributed by atoms with Gasteiger partial charge in [0.05, 0.1) is 6.54 Å². The molecule has 0 radical (unpaired) electrons. The molecule has 7 nitrogen and oxygen atoms in total. The van der Waals surface area contributed by atoms with E-state index in [1.807, 2.05) is 6.92 Å². The minimum Gasteiger partial charge on any atom is -0.330 e. The minimum atomic E-state index is -1.11. The molecule has 1 fully saturated rings. The molecule has 0 aliphatic carbocycles. The molecule has 18 heavy (non-hydrogen) atoms. The molecule has 2 N–H and O–H groups in total. The first-order valence-electron chi connectivity index (χ1n) is 5.81. The number of unbranched alkanes of at least 4 members (excludes halogenated alkanes) is 1. The van der Waals surface area contributed by atoms with Crippen LogP contribution in [0.5, 0.6) is 0 Å². The second-order valence-corrected chi connectivity index (χ2v) is 4.02. The summed E-state index contributed by atoms with van der Waals surface area (Å²) in [6, 6.07) is 0. The Morgan fingerprint density at radius 1 is 1.44 bits per heavy atom. The van der Waals surface area contributed by atoms with Crippen LogP contribution >= 0.6 is 0 Å². The summed E-state index contributed by atoms with van der Waals surface area (Å²) >= 11 is 0. The highest BCUT2D eigenvalue weighted by molar-refractivity contribution is 6.14. The number of amides is 2. The Hall–Kier alpha value is -1.76. The second kappa shape index (κ2) is 6.25. The molecule has 0 spiro atoms. The second-order valence-electron chi connectivity index (χ2n) is 4.02. The molecule has 0 bridgehead atoms. The third-order valence-corrected chi connectivity index (χ3v) is 2.62. The third kappa shape index (κ3) is 3.13. The molecule has 7 heteroatoms. The number of hydrogen-bond acceptors (Lipinski definition) is 6. The van der Waals surface area contributed by atoms with E-state index in [1.165, 1.54) is 0 Å². The summed E-state index contributed by atoms with van der Waals surface area (Å²) in [7, 11) is 0. The Kier molecular flexibility index (Phi) is 4.96. The zero-order valence-electron chi connectivity index (χ0n) is 10.2. The van der Waals surface area contributed by atoms with Crippen molar-refractivity contribution in [2.45, 2.75) is 32.6 Å². The van der Waals surface area contributed by atoms with Gasteiger partial charge < -0.3 is 10.6 Å². The Morgan fingerprint density at radius 3 is 2.67 bits per heavy atom. The van der Waals surface area contributed by atoms with Crippen LogP contribution in [0.1, 0.15) is 32.6 Å². The maximum absolute atomic E-state index is 11.7. The number of ketones is 1. The maximum Gasteiger partial charge on any atom is 0.333 e. The molecule has 0 saturated carbocycles. The first kappa shape index (κ1) is 14.3. The van der Waals surface area contributed by atoms with Crippen molar-refractivity contribution >= 4 is 23.6 Å². The monoisotopic (exact) mass is 256 g/mol. The quantitative estimate of drug-likeness (QED) is 0.509. The highest BCUT2D eigenvalue weighted by atomic mass is 16.7. The van der Waals surface area contributed by atoms with Crippen molar-refractivity contribution in [3.05, 3.63) is 0 Å². The number of carbonyl (C=O) groups is 4. The number of imide groups is 1. The molecule has 1 atom stereocenters. The van der Waals surface area contributed by atoms with Crippen LogP contribution in [-0.2, 0) is 24.0 Å². The average molecular weight is 256 g/mol. The predicted molar refractivity (Wildman–Crippen MR) is 59.6 cm³/mol. The van der Waals surface area contributed by atoms with Gasteiger partial charge >= 0.3 is 5.97 Å². The fourth-order valence-corrected chi connectivity index (χ4v) is 1.57. The van der Waals surface area contributed by atoms with Gasteiger partial charge in [0.15, 0.2) is 5.78 Å². The van der Waals surface area contributed by atoms with E-state index >= 15 is 0 Å². The van der Waals surface area contributed by atoms with Gasteiger partial charge in [-0.15, -0.1) is 5.06 Å². The topological polar surface area (TPSA) is 107 Å². The number of nitrogens with zero attached hydrogens (tertiary/aromatic N) is 1. The van der Waals surface area contributed by atoms with E-state index in [2.05, 4.69) is 4.84 Å². The summed E-state index contributed by atoms with van der Waals surface area (Å²) in [5, 5.41) is 0.385. The van der Waals surface area contributed by atoms with E-state index in [-0.39, 0.29) is 19.4 Å². The lowest BCUT2D eigenvalue weighted by molar-refractivity contribution is -0.198. The van der Waals surface area contributed by atoms with Crippen molar-refractivity contribution in [2.24, 2.45) is 11.7 Å². The van der Waals surface area contributed by atoms with Crippen LogP contribution in [-0.4, -0.2) is 35.2 Å².